The smallest absolute Gasteiger partial charge is 0.246 e. The molecule has 2 aromatic rings. The molecule has 1 heterocycles. The van der Waals surface area contributed by atoms with Gasteiger partial charge in [0.1, 0.15) is 0 Å². The van der Waals surface area contributed by atoms with Gasteiger partial charge in [-0.05, 0) is 41.8 Å². The van der Waals surface area contributed by atoms with Crippen LogP contribution in [0.1, 0.15) is 22.8 Å². The molecule has 25 heavy (non-hydrogen) atoms. The van der Waals surface area contributed by atoms with E-state index in [9.17, 15) is 4.79 Å². The van der Waals surface area contributed by atoms with Crippen LogP contribution in [-0.2, 0) is 4.79 Å². The Kier molecular flexibility index (Phi) is 6.46. The van der Waals surface area contributed by atoms with E-state index in [-0.39, 0.29) is 5.91 Å². The lowest BCUT2D eigenvalue weighted by Crippen LogP contribution is -2.31. The van der Waals surface area contributed by atoms with E-state index in [1.165, 1.54) is 5.56 Å². The summed E-state index contributed by atoms with van der Waals surface area (Å²) < 4.78 is 0. The Morgan fingerprint density at radius 3 is 2.60 bits per heavy atom. The number of amides is 1. The lowest BCUT2D eigenvalue weighted by atomic mass is 10.1. The molecule has 0 N–H and O–H groups in total. The highest BCUT2D eigenvalue weighted by Gasteiger charge is 2.22. The Bertz CT molecular complexity index is 761. The van der Waals surface area contributed by atoms with Gasteiger partial charge in [0.25, 0.3) is 0 Å². The Morgan fingerprint density at radius 2 is 1.84 bits per heavy atom. The number of benzene rings is 2. The summed E-state index contributed by atoms with van der Waals surface area (Å²) in [6.07, 6.45) is 4.39. The van der Waals surface area contributed by atoms with Crippen LogP contribution in [0.25, 0.3) is 6.08 Å². The molecule has 0 saturated carbocycles. The second-order valence-electron chi connectivity index (χ2n) is 5.88. The van der Waals surface area contributed by atoms with Gasteiger partial charge in [-0.2, -0.15) is 11.8 Å². The molecule has 3 rings (SSSR count). The lowest BCUT2D eigenvalue weighted by Gasteiger charge is -2.19. The van der Waals surface area contributed by atoms with E-state index in [2.05, 4.69) is 6.07 Å². The Hall–Kier alpha value is -1.42. The van der Waals surface area contributed by atoms with E-state index in [1.807, 2.05) is 65.2 Å². The molecule has 0 aliphatic carbocycles. The van der Waals surface area contributed by atoms with Gasteiger partial charge in [-0.25, -0.2) is 0 Å². The zero-order chi connectivity index (χ0) is 17.6. The molecule has 0 spiro atoms. The van der Waals surface area contributed by atoms with E-state index in [0.29, 0.717) is 10.3 Å². The highest BCUT2D eigenvalue weighted by Crippen LogP contribution is 2.37. The normalized spacial score (nSPS) is 18.3. The lowest BCUT2D eigenvalue weighted by molar-refractivity contribution is -0.125. The van der Waals surface area contributed by atoms with Crippen LogP contribution in [0.2, 0.25) is 10.0 Å². The molecule has 0 radical (unpaired) electrons. The topological polar surface area (TPSA) is 20.3 Å². The highest BCUT2D eigenvalue weighted by molar-refractivity contribution is 7.99. The van der Waals surface area contributed by atoms with Crippen molar-refractivity contribution in [2.75, 3.05) is 18.8 Å². The largest absolute Gasteiger partial charge is 0.338 e. The molecule has 2 nitrogen and oxygen atoms in total. The second kappa shape index (κ2) is 8.79. The van der Waals surface area contributed by atoms with Crippen LogP contribution in [0.15, 0.2) is 54.6 Å². The fourth-order valence-electron chi connectivity index (χ4n) is 2.82. The molecule has 2 aromatic carbocycles. The molecule has 130 valence electrons. The number of hydrogen-bond donors (Lipinski definition) is 0. The van der Waals surface area contributed by atoms with Gasteiger partial charge in [0.15, 0.2) is 0 Å². The summed E-state index contributed by atoms with van der Waals surface area (Å²) in [6.45, 7) is 1.50. The van der Waals surface area contributed by atoms with Gasteiger partial charge in [-0.1, -0.05) is 53.5 Å². The molecule has 1 saturated heterocycles. The summed E-state index contributed by atoms with van der Waals surface area (Å²) in [6, 6.07) is 15.4. The fourth-order valence-corrected chi connectivity index (χ4v) is 4.55. The van der Waals surface area contributed by atoms with Crippen molar-refractivity contribution in [1.82, 2.24) is 4.90 Å². The minimum Gasteiger partial charge on any atom is -0.338 e. The maximum Gasteiger partial charge on any atom is 0.246 e. The van der Waals surface area contributed by atoms with E-state index in [1.54, 1.807) is 6.08 Å². The number of rotatable bonds is 3. The van der Waals surface area contributed by atoms with Gasteiger partial charge in [-0.3, -0.25) is 4.79 Å². The van der Waals surface area contributed by atoms with E-state index < -0.39 is 0 Å². The van der Waals surface area contributed by atoms with Crippen LogP contribution < -0.4 is 0 Å². The van der Waals surface area contributed by atoms with Crippen molar-refractivity contribution in [1.29, 1.82) is 0 Å². The molecule has 1 fully saturated rings. The molecule has 1 aliphatic rings. The van der Waals surface area contributed by atoms with E-state index >= 15 is 0 Å². The number of nitrogens with zero attached hydrogens (tertiary/aromatic N) is 1. The molecule has 1 unspecified atom stereocenters. The first-order chi connectivity index (χ1) is 12.1. The first kappa shape index (κ1) is 18.4. The summed E-state index contributed by atoms with van der Waals surface area (Å²) in [5.74, 6) is 0.964. The van der Waals surface area contributed by atoms with Crippen molar-refractivity contribution in [2.45, 2.75) is 11.7 Å². The Balaban J connectivity index is 1.61. The van der Waals surface area contributed by atoms with Gasteiger partial charge >= 0.3 is 0 Å². The van der Waals surface area contributed by atoms with Gasteiger partial charge in [0.05, 0.1) is 0 Å². The summed E-state index contributed by atoms with van der Waals surface area (Å²) in [7, 11) is 0. The number of halogens is 2. The third-order valence-electron chi connectivity index (χ3n) is 4.19. The van der Waals surface area contributed by atoms with Crippen molar-refractivity contribution in [3.05, 3.63) is 75.8 Å². The van der Waals surface area contributed by atoms with Crippen molar-refractivity contribution >= 4 is 46.9 Å². The van der Waals surface area contributed by atoms with Crippen LogP contribution in [0.3, 0.4) is 0 Å². The first-order valence-corrected chi connectivity index (χ1v) is 10.0. The van der Waals surface area contributed by atoms with Crippen LogP contribution >= 0.6 is 35.0 Å². The van der Waals surface area contributed by atoms with Crippen LogP contribution in [0.5, 0.6) is 0 Å². The average Bonchev–Trinajstić information content (AvgIpc) is 2.87. The zero-order valence-electron chi connectivity index (χ0n) is 13.7. The highest BCUT2D eigenvalue weighted by atomic mass is 35.5. The number of carbonyl (C=O) groups excluding carboxylic acids is 1. The third kappa shape index (κ3) is 5.04. The molecule has 5 heteroatoms. The summed E-state index contributed by atoms with van der Waals surface area (Å²) >= 11 is 14.1. The summed E-state index contributed by atoms with van der Waals surface area (Å²) in [5, 5.41) is 1.84. The third-order valence-corrected chi connectivity index (χ3v) is 6.10. The minimum atomic E-state index is 0.0513. The predicted octanol–water partition coefficient (Wildman–Crippen LogP) is 5.71. The van der Waals surface area contributed by atoms with E-state index in [0.717, 1.165) is 35.8 Å². The van der Waals surface area contributed by atoms with E-state index in [4.69, 9.17) is 23.2 Å². The Labute approximate surface area is 162 Å². The number of carbonyl (C=O) groups is 1. The quantitative estimate of drug-likeness (QED) is 0.624. The predicted molar refractivity (Wildman–Crippen MR) is 108 cm³/mol. The monoisotopic (exact) mass is 391 g/mol. The maximum absolute atomic E-state index is 12.5. The molecular formula is C20H19Cl2NOS. The van der Waals surface area contributed by atoms with Crippen molar-refractivity contribution < 1.29 is 4.79 Å². The molecular weight excluding hydrogens is 373 g/mol. The van der Waals surface area contributed by atoms with Gasteiger partial charge < -0.3 is 4.90 Å². The SMILES string of the molecule is O=C(/C=C/c1ccc(Cl)cc1)N1CCSC(c2ccccc2Cl)CC1. The molecule has 0 aromatic heterocycles. The summed E-state index contributed by atoms with van der Waals surface area (Å²) in [4.78, 5) is 14.4. The van der Waals surface area contributed by atoms with Crippen molar-refractivity contribution in [2.24, 2.45) is 0 Å². The number of thioether (sulfide) groups is 1. The van der Waals surface area contributed by atoms with Crippen LogP contribution in [0, 0.1) is 0 Å². The van der Waals surface area contributed by atoms with Crippen molar-refractivity contribution in [3.8, 4) is 0 Å². The van der Waals surface area contributed by atoms with Crippen molar-refractivity contribution in [3.63, 3.8) is 0 Å². The molecule has 1 atom stereocenters. The number of hydrogen-bond acceptors (Lipinski definition) is 2. The molecule has 1 aliphatic heterocycles. The first-order valence-electron chi connectivity index (χ1n) is 8.22. The fraction of sp³-hybridized carbons (Fsp3) is 0.250. The zero-order valence-corrected chi connectivity index (χ0v) is 16.0. The maximum atomic E-state index is 12.5. The van der Waals surface area contributed by atoms with Gasteiger partial charge in [0, 0.05) is 40.2 Å². The van der Waals surface area contributed by atoms with Crippen LogP contribution in [0.4, 0.5) is 0 Å². The van der Waals surface area contributed by atoms with Crippen LogP contribution in [-0.4, -0.2) is 29.6 Å². The minimum absolute atomic E-state index is 0.0513. The molecule has 0 bridgehead atoms. The average molecular weight is 392 g/mol. The van der Waals surface area contributed by atoms with Gasteiger partial charge in [-0.15, -0.1) is 0 Å². The summed E-state index contributed by atoms with van der Waals surface area (Å²) in [5.41, 5.74) is 2.14. The standard InChI is InChI=1S/C20H19Cl2NOS/c21-16-8-5-15(6-9-16)7-10-20(24)23-12-11-19(25-14-13-23)17-3-1-2-4-18(17)22/h1-10,19H,11-14H2/b10-7+. The van der Waals surface area contributed by atoms with Gasteiger partial charge in [0.2, 0.25) is 5.91 Å². The molecule has 1 amide bonds. The Morgan fingerprint density at radius 1 is 1.08 bits per heavy atom. The second-order valence-corrected chi connectivity index (χ2v) is 8.03.